The number of rotatable bonds is 0. The Morgan fingerprint density at radius 1 is 1.25 bits per heavy atom. The number of carbonyl (C=O) groups is 2. The highest BCUT2D eigenvalue weighted by Gasteiger charge is 2.49. The molecule has 0 aromatic rings. The molecular weight excluding hydrogens is 230 g/mol. The summed E-state index contributed by atoms with van der Waals surface area (Å²) in [6.07, 6.45) is -1.77. The summed E-state index contributed by atoms with van der Waals surface area (Å²) in [6, 6.07) is 0. The fourth-order valence-electron chi connectivity index (χ4n) is 1.46. The first-order valence-electron chi connectivity index (χ1n) is 5.20. The number of hydrogen-bond acceptors (Lipinski definition) is 4. The minimum absolute atomic E-state index is 0.301. The maximum atomic E-state index is 11.9. The van der Waals surface area contributed by atoms with E-state index in [4.69, 9.17) is 4.74 Å². The van der Waals surface area contributed by atoms with Crippen molar-refractivity contribution in [1.29, 1.82) is 0 Å². The van der Waals surface area contributed by atoms with Gasteiger partial charge in [0.25, 0.3) is 0 Å². The Bertz CT molecular complexity index is 292. The molecule has 0 aromatic carbocycles. The highest BCUT2D eigenvalue weighted by atomic mass is 32.2. The van der Waals surface area contributed by atoms with Crippen molar-refractivity contribution in [2.75, 3.05) is 24.6 Å². The van der Waals surface area contributed by atoms with Crippen molar-refractivity contribution >= 4 is 23.9 Å². The van der Waals surface area contributed by atoms with Crippen molar-refractivity contribution in [2.24, 2.45) is 0 Å². The van der Waals surface area contributed by atoms with Crippen LogP contribution in [0.15, 0.2) is 0 Å². The van der Waals surface area contributed by atoms with Crippen LogP contribution in [0.5, 0.6) is 0 Å². The van der Waals surface area contributed by atoms with E-state index in [2.05, 4.69) is 0 Å². The van der Waals surface area contributed by atoms with Crippen molar-refractivity contribution in [3.63, 3.8) is 0 Å². The highest BCUT2D eigenvalue weighted by molar-refractivity contribution is 7.99. The Labute approximate surface area is 99.3 Å². The van der Waals surface area contributed by atoms with Crippen molar-refractivity contribution in [1.82, 2.24) is 0 Å². The second-order valence-corrected chi connectivity index (χ2v) is 6.02. The molecule has 1 aliphatic rings. The van der Waals surface area contributed by atoms with Gasteiger partial charge in [-0.15, -0.1) is 4.48 Å². The van der Waals surface area contributed by atoms with Gasteiger partial charge < -0.3 is 9.84 Å². The third-order valence-corrected chi connectivity index (χ3v) is 3.29. The van der Waals surface area contributed by atoms with Crippen LogP contribution in [0.1, 0.15) is 20.8 Å². The second kappa shape index (κ2) is 4.63. The van der Waals surface area contributed by atoms with Crippen LogP contribution in [-0.4, -0.2) is 52.0 Å². The molecule has 16 heavy (non-hydrogen) atoms. The summed E-state index contributed by atoms with van der Waals surface area (Å²) in [6.45, 7) is 5.82. The fraction of sp³-hybridized carbons (Fsp3) is 0.800. The topological polar surface area (TPSA) is 63.6 Å². The predicted molar refractivity (Wildman–Crippen MR) is 61.6 cm³/mol. The van der Waals surface area contributed by atoms with E-state index in [0.717, 1.165) is 0 Å². The van der Waals surface area contributed by atoms with Crippen LogP contribution >= 0.6 is 11.8 Å². The van der Waals surface area contributed by atoms with Gasteiger partial charge in [0.15, 0.2) is 0 Å². The van der Waals surface area contributed by atoms with Gasteiger partial charge in [-0.25, -0.2) is 0 Å². The van der Waals surface area contributed by atoms with E-state index < -0.39 is 22.3 Å². The third kappa shape index (κ3) is 2.89. The summed E-state index contributed by atoms with van der Waals surface area (Å²) in [5.41, 5.74) is -0.650. The van der Waals surface area contributed by atoms with Crippen molar-refractivity contribution in [2.45, 2.75) is 26.4 Å². The minimum Gasteiger partial charge on any atom is -0.435 e. The summed E-state index contributed by atoms with van der Waals surface area (Å²) in [5, 5.41) is 9.22. The number of ether oxygens (including phenoxy) is 1. The zero-order valence-corrected chi connectivity index (χ0v) is 10.7. The van der Waals surface area contributed by atoms with Crippen LogP contribution in [0.4, 0.5) is 9.59 Å². The van der Waals surface area contributed by atoms with Crippen LogP contribution in [0.3, 0.4) is 0 Å². The lowest BCUT2D eigenvalue weighted by Gasteiger charge is -2.33. The number of quaternary nitrogens is 1. The summed E-state index contributed by atoms with van der Waals surface area (Å²) in [4.78, 5) is 23.2. The maximum absolute atomic E-state index is 11.9. The van der Waals surface area contributed by atoms with Gasteiger partial charge >= 0.3 is 12.2 Å². The normalized spacial score (nSPS) is 20.2. The average Bonchev–Trinajstić information content (AvgIpc) is 2.16. The van der Waals surface area contributed by atoms with E-state index in [-0.39, 0.29) is 0 Å². The van der Waals surface area contributed by atoms with E-state index in [1.54, 1.807) is 32.5 Å². The van der Waals surface area contributed by atoms with Gasteiger partial charge in [-0.1, -0.05) is 0 Å². The minimum atomic E-state index is -1.12. The molecule has 1 saturated heterocycles. The number of imide groups is 1. The Kier molecular flexibility index (Phi) is 3.85. The number of carbonyl (C=O) groups excluding carboxylic acids is 1. The van der Waals surface area contributed by atoms with Crippen LogP contribution in [-0.2, 0) is 4.74 Å². The Hall–Kier alpha value is -0.750. The summed E-state index contributed by atoms with van der Waals surface area (Å²) >= 11 is 1.66. The molecule has 0 radical (unpaired) electrons. The molecule has 1 fully saturated rings. The van der Waals surface area contributed by atoms with Crippen LogP contribution in [0.2, 0.25) is 0 Å². The summed E-state index contributed by atoms with van der Waals surface area (Å²) < 4.78 is 4.59. The third-order valence-electron chi connectivity index (χ3n) is 2.34. The average molecular weight is 248 g/mol. The maximum Gasteiger partial charge on any atom is 0.527 e. The number of carboxylic acid groups (broad SMARTS) is 1. The molecular formula is C10H18NO4S+. The largest absolute Gasteiger partial charge is 0.527 e. The molecule has 0 saturated carbocycles. The first-order chi connectivity index (χ1) is 7.28. The number of nitrogens with zero attached hydrogens (tertiary/aromatic N) is 1. The van der Waals surface area contributed by atoms with Crippen molar-refractivity contribution in [3.05, 3.63) is 0 Å². The van der Waals surface area contributed by atoms with Gasteiger partial charge in [-0.05, 0) is 20.8 Å². The molecule has 0 aliphatic carbocycles. The molecule has 92 valence electrons. The summed E-state index contributed by atoms with van der Waals surface area (Å²) in [7, 11) is 0. The van der Waals surface area contributed by atoms with E-state index in [1.807, 2.05) is 0 Å². The second-order valence-electron chi connectivity index (χ2n) is 4.79. The van der Waals surface area contributed by atoms with Crippen molar-refractivity contribution < 1.29 is 23.9 Å². The first kappa shape index (κ1) is 13.3. The van der Waals surface area contributed by atoms with Gasteiger partial charge in [0.05, 0.1) is 0 Å². The van der Waals surface area contributed by atoms with E-state index in [9.17, 15) is 14.7 Å². The van der Waals surface area contributed by atoms with E-state index in [1.165, 1.54) is 0 Å². The van der Waals surface area contributed by atoms with Gasteiger partial charge in [-0.2, -0.15) is 21.4 Å². The molecule has 2 amide bonds. The molecule has 0 bridgehead atoms. The van der Waals surface area contributed by atoms with Gasteiger partial charge in [0, 0.05) is 11.5 Å². The number of thioether (sulfide) groups is 1. The molecule has 1 N–H and O–H groups in total. The predicted octanol–water partition coefficient (Wildman–Crippen LogP) is 2.16. The SMILES string of the molecule is CC(C)(C)OC(=O)[N+]1(C(=O)O)CCSCC1. The van der Waals surface area contributed by atoms with E-state index >= 15 is 0 Å². The van der Waals surface area contributed by atoms with E-state index in [0.29, 0.717) is 24.6 Å². The fourth-order valence-corrected chi connectivity index (χ4v) is 2.54. The molecule has 0 spiro atoms. The van der Waals surface area contributed by atoms with Crippen LogP contribution in [0.25, 0.3) is 0 Å². The molecule has 1 heterocycles. The standard InChI is InChI=1S/C10H17NO4S/c1-10(2,3)15-9(14)11(8(12)13)4-6-16-7-5-11/h4-7H2,1-3H3/p+1. The number of hydrogen-bond donors (Lipinski definition) is 1. The lowest BCUT2D eigenvalue weighted by atomic mass is 10.2. The monoisotopic (exact) mass is 248 g/mol. The van der Waals surface area contributed by atoms with Gasteiger partial charge in [-0.3, -0.25) is 0 Å². The smallest absolute Gasteiger partial charge is 0.435 e. The van der Waals surface area contributed by atoms with Crippen LogP contribution in [0, 0.1) is 0 Å². The molecule has 6 heteroatoms. The molecule has 5 nitrogen and oxygen atoms in total. The molecule has 0 atom stereocenters. The molecule has 0 aromatic heterocycles. The Morgan fingerprint density at radius 2 is 1.75 bits per heavy atom. The molecule has 0 unspecified atom stereocenters. The Morgan fingerprint density at radius 3 is 2.12 bits per heavy atom. The molecule has 1 aliphatic heterocycles. The first-order valence-corrected chi connectivity index (χ1v) is 6.35. The summed E-state index contributed by atoms with van der Waals surface area (Å²) in [5.74, 6) is 1.34. The van der Waals surface area contributed by atoms with Crippen molar-refractivity contribution in [3.8, 4) is 0 Å². The quantitative estimate of drug-likeness (QED) is 0.665. The van der Waals surface area contributed by atoms with Crippen LogP contribution < -0.4 is 0 Å². The zero-order chi connectivity index (χ0) is 12.4. The lowest BCUT2D eigenvalue weighted by molar-refractivity contribution is -0.782. The van der Waals surface area contributed by atoms with Gasteiger partial charge in [0.2, 0.25) is 0 Å². The molecule has 1 rings (SSSR count). The Balaban J connectivity index is 2.85. The van der Waals surface area contributed by atoms with Gasteiger partial charge in [0.1, 0.15) is 18.7 Å². The highest BCUT2D eigenvalue weighted by Crippen LogP contribution is 2.23. The zero-order valence-electron chi connectivity index (χ0n) is 9.86. The number of amides is 2. The lowest BCUT2D eigenvalue weighted by Crippen LogP contribution is -2.61.